The van der Waals surface area contributed by atoms with E-state index in [1.807, 2.05) is 60.7 Å². The number of carbonyl (C=O) groups is 3. The van der Waals surface area contributed by atoms with Crippen molar-refractivity contribution >= 4 is 23.5 Å². The molecule has 0 saturated carbocycles. The van der Waals surface area contributed by atoms with Crippen LogP contribution in [0, 0.1) is 0 Å². The van der Waals surface area contributed by atoms with Gasteiger partial charge in [0.15, 0.2) is 0 Å². The van der Waals surface area contributed by atoms with E-state index >= 15 is 0 Å². The number of hydrogen-bond donors (Lipinski definition) is 4. The Morgan fingerprint density at radius 2 is 1.44 bits per heavy atom. The van der Waals surface area contributed by atoms with E-state index < -0.39 is 11.9 Å². The molecule has 9 nitrogen and oxygen atoms in total. The van der Waals surface area contributed by atoms with Crippen molar-refractivity contribution in [1.29, 1.82) is 0 Å². The maximum Gasteiger partial charge on any atom is 0.328 e. The Hall–Kier alpha value is -4.47. The molecular formula is C30H34N2O7. The van der Waals surface area contributed by atoms with E-state index in [1.54, 1.807) is 13.2 Å². The number of carboxylic acid groups (broad SMARTS) is 2. The number of aryl methyl sites for hydroxylation is 1. The third-order valence-corrected chi connectivity index (χ3v) is 5.58. The Balaban J connectivity index is 0.000000580. The van der Waals surface area contributed by atoms with Crippen LogP contribution in [0.2, 0.25) is 0 Å². The van der Waals surface area contributed by atoms with Crippen molar-refractivity contribution < 1.29 is 34.4 Å². The van der Waals surface area contributed by atoms with Gasteiger partial charge in [0.05, 0.1) is 13.7 Å². The molecule has 0 bridgehead atoms. The fourth-order valence-electron chi connectivity index (χ4n) is 3.60. The first-order valence-electron chi connectivity index (χ1n) is 12.2. The minimum Gasteiger partial charge on any atom is -0.496 e. The molecule has 3 aromatic carbocycles. The number of ether oxygens (including phenoxy) is 1. The molecule has 0 spiro atoms. The van der Waals surface area contributed by atoms with Gasteiger partial charge in [-0.3, -0.25) is 4.79 Å². The van der Waals surface area contributed by atoms with Gasteiger partial charge in [-0.15, -0.1) is 0 Å². The van der Waals surface area contributed by atoms with Crippen LogP contribution in [0.4, 0.5) is 5.69 Å². The number of nitrogens with one attached hydrogen (secondary N) is 1. The van der Waals surface area contributed by atoms with Crippen molar-refractivity contribution in [1.82, 2.24) is 4.90 Å². The lowest BCUT2D eigenvalue weighted by Gasteiger charge is -2.13. The van der Waals surface area contributed by atoms with Crippen LogP contribution in [-0.2, 0) is 22.6 Å². The van der Waals surface area contributed by atoms with Crippen molar-refractivity contribution in [2.45, 2.75) is 19.4 Å². The Bertz CT molecular complexity index is 1250. The molecule has 0 aliphatic rings. The molecule has 0 aromatic heterocycles. The normalized spacial score (nSPS) is 10.6. The third kappa shape index (κ3) is 10.8. The first-order valence-corrected chi connectivity index (χ1v) is 12.2. The average molecular weight is 535 g/mol. The summed E-state index contributed by atoms with van der Waals surface area (Å²) in [6, 6.07) is 21.1. The van der Waals surface area contributed by atoms with Crippen LogP contribution in [0.5, 0.6) is 5.75 Å². The van der Waals surface area contributed by atoms with Crippen LogP contribution in [0.25, 0.3) is 11.1 Å². The lowest BCUT2D eigenvalue weighted by atomic mass is 10.0. The standard InChI is InChI=1S/C26H30N2O3.C4H4O4/c1-28(2)16-4-5-22-17-23(12-15-25(22)31-3)26(30)27-24-13-10-21(11-14-24)20-8-6-19(18-29)7-9-20;5-3(6)1-2-4(7)8/h6-15,17,29H,4-5,16,18H2,1-3H3,(H,27,30);1-2H,(H,5,6)(H,7,8). The Kier molecular flexibility index (Phi) is 12.4. The number of aliphatic hydroxyl groups excluding tert-OH is 1. The first kappa shape index (κ1) is 30.8. The average Bonchev–Trinajstić information content (AvgIpc) is 2.92. The second kappa shape index (κ2) is 15.7. The van der Waals surface area contributed by atoms with Crippen LogP contribution in [-0.4, -0.2) is 65.8 Å². The van der Waals surface area contributed by atoms with Crippen LogP contribution >= 0.6 is 0 Å². The summed E-state index contributed by atoms with van der Waals surface area (Å²) >= 11 is 0. The Morgan fingerprint density at radius 3 is 1.92 bits per heavy atom. The highest BCUT2D eigenvalue weighted by molar-refractivity contribution is 6.04. The molecular weight excluding hydrogens is 500 g/mol. The number of hydrogen-bond acceptors (Lipinski definition) is 6. The quantitative estimate of drug-likeness (QED) is 0.267. The van der Waals surface area contributed by atoms with Crippen molar-refractivity contribution in [3.63, 3.8) is 0 Å². The maximum atomic E-state index is 12.8. The van der Waals surface area contributed by atoms with Gasteiger partial charge in [-0.05, 0) is 86.1 Å². The Labute approximate surface area is 228 Å². The van der Waals surface area contributed by atoms with Gasteiger partial charge in [0, 0.05) is 23.4 Å². The Morgan fingerprint density at radius 1 is 0.872 bits per heavy atom. The van der Waals surface area contributed by atoms with Gasteiger partial charge < -0.3 is 30.3 Å². The topological polar surface area (TPSA) is 136 Å². The minimum atomic E-state index is -1.26. The van der Waals surface area contributed by atoms with E-state index in [9.17, 15) is 19.5 Å². The van der Waals surface area contributed by atoms with E-state index in [0.29, 0.717) is 17.7 Å². The summed E-state index contributed by atoms with van der Waals surface area (Å²) < 4.78 is 5.47. The van der Waals surface area contributed by atoms with Gasteiger partial charge >= 0.3 is 11.9 Å². The first-order chi connectivity index (χ1) is 18.6. The molecule has 3 rings (SSSR count). The van der Waals surface area contributed by atoms with E-state index in [0.717, 1.165) is 53.1 Å². The molecule has 39 heavy (non-hydrogen) atoms. The molecule has 4 N–H and O–H groups in total. The number of rotatable bonds is 11. The summed E-state index contributed by atoms with van der Waals surface area (Å²) in [6.45, 7) is 1.02. The molecule has 0 heterocycles. The van der Waals surface area contributed by atoms with Gasteiger partial charge in [-0.1, -0.05) is 36.4 Å². The van der Waals surface area contributed by atoms with Crippen LogP contribution in [0.1, 0.15) is 27.9 Å². The molecule has 206 valence electrons. The molecule has 1 amide bonds. The van der Waals surface area contributed by atoms with Crippen LogP contribution in [0.15, 0.2) is 78.9 Å². The van der Waals surface area contributed by atoms with Crippen molar-refractivity contribution in [3.8, 4) is 16.9 Å². The van der Waals surface area contributed by atoms with Gasteiger partial charge in [0.25, 0.3) is 5.91 Å². The monoisotopic (exact) mass is 534 g/mol. The third-order valence-electron chi connectivity index (χ3n) is 5.58. The van der Waals surface area contributed by atoms with Crippen LogP contribution in [0.3, 0.4) is 0 Å². The molecule has 0 saturated heterocycles. The van der Waals surface area contributed by atoms with Crippen molar-refractivity contribution in [2.24, 2.45) is 0 Å². The van der Waals surface area contributed by atoms with Gasteiger partial charge in [-0.25, -0.2) is 9.59 Å². The molecule has 0 aliphatic heterocycles. The maximum absolute atomic E-state index is 12.8. The highest BCUT2D eigenvalue weighted by Crippen LogP contribution is 2.24. The zero-order valence-corrected chi connectivity index (χ0v) is 22.3. The SMILES string of the molecule is COc1ccc(C(=O)Nc2ccc(-c3ccc(CO)cc3)cc2)cc1CCCN(C)C.O=C(O)C=CC(=O)O. The number of amides is 1. The predicted octanol–water partition coefficient (Wildman–Crippen LogP) is 4.31. The second-order valence-electron chi connectivity index (χ2n) is 8.83. The molecule has 9 heteroatoms. The summed E-state index contributed by atoms with van der Waals surface area (Å²) in [7, 11) is 5.76. The number of benzene rings is 3. The highest BCUT2D eigenvalue weighted by Gasteiger charge is 2.11. The zero-order valence-electron chi connectivity index (χ0n) is 22.3. The number of aliphatic hydroxyl groups is 1. The lowest BCUT2D eigenvalue weighted by molar-refractivity contribution is -0.134. The predicted molar refractivity (Wildman–Crippen MR) is 150 cm³/mol. The van der Waals surface area contributed by atoms with Crippen molar-refractivity contribution in [2.75, 3.05) is 33.1 Å². The molecule has 0 aliphatic carbocycles. The molecule has 0 atom stereocenters. The molecule has 0 radical (unpaired) electrons. The summed E-state index contributed by atoms with van der Waals surface area (Å²) in [4.78, 5) is 34.0. The fraction of sp³-hybridized carbons (Fsp3) is 0.233. The van der Waals surface area contributed by atoms with E-state index in [2.05, 4.69) is 24.3 Å². The van der Waals surface area contributed by atoms with E-state index in [4.69, 9.17) is 14.9 Å². The van der Waals surface area contributed by atoms with Crippen LogP contribution < -0.4 is 10.1 Å². The smallest absolute Gasteiger partial charge is 0.328 e. The number of carbonyl (C=O) groups excluding carboxylic acids is 1. The minimum absolute atomic E-state index is 0.0357. The molecule has 0 unspecified atom stereocenters. The summed E-state index contributed by atoms with van der Waals surface area (Å²) in [6.07, 6.45) is 2.96. The summed E-state index contributed by atoms with van der Waals surface area (Å²) in [5.74, 6) is -1.84. The number of carboxylic acids is 2. The fourth-order valence-corrected chi connectivity index (χ4v) is 3.60. The largest absolute Gasteiger partial charge is 0.496 e. The van der Waals surface area contributed by atoms with E-state index in [-0.39, 0.29) is 12.5 Å². The molecule has 0 fully saturated rings. The zero-order chi connectivity index (χ0) is 28.8. The van der Waals surface area contributed by atoms with Gasteiger partial charge in [0.2, 0.25) is 0 Å². The number of nitrogens with zero attached hydrogens (tertiary/aromatic N) is 1. The highest BCUT2D eigenvalue weighted by atomic mass is 16.5. The number of aliphatic carboxylic acids is 2. The van der Waals surface area contributed by atoms with Gasteiger partial charge in [-0.2, -0.15) is 0 Å². The lowest BCUT2D eigenvalue weighted by Crippen LogP contribution is -2.14. The summed E-state index contributed by atoms with van der Waals surface area (Å²) in [5.41, 5.74) is 5.39. The van der Waals surface area contributed by atoms with Gasteiger partial charge in [0.1, 0.15) is 5.75 Å². The van der Waals surface area contributed by atoms with Crippen molar-refractivity contribution in [3.05, 3.63) is 95.6 Å². The van der Waals surface area contributed by atoms with E-state index in [1.165, 1.54) is 0 Å². The molecule has 3 aromatic rings. The number of methoxy groups -OCH3 is 1. The summed E-state index contributed by atoms with van der Waals surface area (Å²) in [5, 5.41) is 27.8. The number of anilines is 1. The second-order valence-corrected chi connectivity index (χ2v) is 8.83.